The number of carbonyl (C=O) groups is 1. The highest BCUT2D eigenvalue weighted by molar-refractivity contribution is 5.76. The Morgan fingerprint density at radius 1 is 1.30 bits per heavy atom. The maximum absolute atomic E-state index is 13.0. The van der Waals surface area contributed by atoms with Crippen LogP contribution in [0.15, 0.2) is 24.3 Å². The third-order valence-electron chi connectivity index (χ3n) is 4.60. The van der Waals surface area contributed by atoms with Crippen LogP contribution in [-0.4, -0.2) is 57.3 Å². The Kier molecular flexibility index (Phi) is 6.83. The standard InChI is InChI=1S/C18H25FN6O2/c1-14(15-4-6-16(19)7-5-15)20-18(26)3-2-8-25-17(21-22-23-25)13-24-9-11-27-12-10-24/h4-7,14H,2-3,8-13H2,1H3,(H,20,26)/t14-/m0/s1. The van der Waals surface area contributed by atoms with Crippen molar-refractivity contribution in [1.29, 1.82) is 0 Å². The zero-order valence-electron chi connectivity index (χ0n) is 15.5. The average Bonchev–Trinajstić information content (AvgIpc) is 3.10. The fraction of sp³-hybridized carbons (Fsp3) is 0.556. The summed E-state index contributed by atoms with van der Waals surface area (Å²) in [5.74, 6) is 0.471. The van der Waals surface area contributed by atoms with Crippen LogP contribution in [0.4, 0.5) is 4.39 Å². The normalized spacial score (nSPS) is 16.2. The summed E-state index contributed by atoms with van der Waals surface area (Å²) >= 11 is 0. The number of nitrogens with one attached hydrogen (secondary N) is 1. The highest BCUT2D eigenvalue weighted by Crippen LogP contribution is 2.13. The van der Waals surface area contributed by atoms with E-state index in [2.05, 4.69) is 25.7 Å². The number of amides is 1. The Morgan fingerprint density at radius 2 is 2.04 bits per heavy atom. The van der Waals surface area contributed by atoms with E-state index in [0.717, 1.165) is 37.7 Å². The van der Waals surface area contributed by atoms with Gasteiger partial charge in [0.25, 0.3) is 0 Å². The average molecular weight is 376 g/mol. The molecular formula is C18H25FN6O2. The van der Waals surface area contributed by atoms with Crippen LogP contribution in [0.2, 0.25) is 0 Å². The Balaban J connectivity index is 1.42. The first-order chi connectivity index (χ1) is 13.1. The molecule has 1 aromatic carbocycles. The van der Waals surface area contributed by atoms with Gasteiger partial charge < -0.3 is 10.1 Å². The second-order valence-corrected chi connectivity index (χ2v) is 6.65. The van der Waals surface area contributed by atoms with Gasteiger partial charge in [-0.1, -0.05) is 12.1 Å². The van der Waals surface area contributed by atoms with Gasteiger partial charge in [0, 0.05) is 26.1 Å². The van der Waals surface area contributed by atoms with Crippen molar-refractivity contribution in [2.75, 3.05) is 26.3 Å². The van der Waals surface area contributed by atoms with Crippen LogP contribution in [0.1, 0.15) is 37.2 Å². The molecule has 1 aliphatic heterocycles. The lowest BCUT2D eigenvalue weighted by molar-refractivity contribution is -0.121. The molecule has 0 aliphatic carbocycles. The molecule has 1 aromatic heterocycles. The van der Waals surface area contributed by atoms with E-state index >= 15 is 0 Å². The summed E-state index contributed by atoms with van der Waals surface area (Å²) in [7, 11) is 0. The van der Waals surface area contributed by atoms with Crippen molar-refractivity contribution in [2.45, 2.75) is 38.9 Å². The van der Waals surface area contributed by atoms with Gasteiger partial charge in [0.05, 0.1) is 25.8 Å². The molecule has 1 atom stereocenters. The van der Waals surface area contributed by atoms with Gasteiger partial charge in [0.1, 0.15) is 5.82 Å². The number of hydrogen-bond acceptors (Lipinski definition) is 6. The highest BCUT2D eigenvalue weighted by atomic mass is 19.1. The first-order valence-electron chi connectivity index (χ1n) is 9.22. The smallest absolute Gasteiger partial charge is 0.220 e. The van der Waals surface area contributed by atoms with E-state index in [-0.39, 0.29) is 17.8 Å². The van der Waals surface area contributed by atoms with Crippen molar-refractivity contribution in [3.8, 4) is 0 Å². The molecular weight excluding hydrogens is 351 g/mol. The summed E-state index contributed by atoms with van der Waals surface area (Å²) in [5, 5.41) is 14.8. The summed E-state index contributed by atoms with van der Waals surface area (Å²) < 4.78 is 20.1. The Hall–Kier alpha value is -2.39. The van der Waals surface area contributed by atoms with Gasteiger partial charge >= 0.3 is 0 Å². The van der Waals surface area contributed by atoms with Crippen LogP contribution in [0.25, 0.3) is 0 Å². The van der Waals surface area contributed by atoms with E-state index in [1.807, 2.05) is 6.92 Å². The minimum atomic E-state index is -0.286. The number of aryl methyl sites for hydroxylation is 1. The molecule has 0 unspecified atom stereocenters. The molecule has 1 fully saturated rings. The van der Waals surface area contributed by atoms with Gasteiger partial charge in [-0.3, -0.25) is 9.69 Å². The van der Waals surface area contributed by atoms with Crippen molar-refractivity contribution >= 4 is 5.91 Å². The van der Waals surface area contributed by atoms with Crippen LogP contribution in [0.5, 0.6) is 0 Å². The molecule has 3 rings (SSSR count). The van der Waals surface area contributed by atoms with E-state index in [0.29, 0.717) is 25.9 Å². The molecule has 8 nitrogen and oxygen atoms in total. The maximum atomic E-state index is 13.0. The van der Waals surface area contributed by atoms with Crippen LogP contribution in [-0.2, 0) is 22.6 Å². The number of morpholine rings is 1. The Labute approximate surface area is 157 Å². The summed E-state index contributed by atoms with van der Waals surface area (Å²) in [6, 6.07) is 5.98. The van der Waals surface area contributed by atoms with Crippen LogP contribution < -0.4 is 5.32 Å². The molecule has 2 aromatic rings. The quantitative estimate of drug-likeness (QED) is 0.748. The lowest BCUT2D eigenvalue weighted by Crippen LogP contribution is -2.36. The van der Waals surface area contributed by atoms with E-state index in [1.165, 1.54) is 12.1 Å². The molecule has 27 heavy (non-hydrogen) atoms. The maximum Gasteiger partial charge on any atom is 0.220 e. The number of carbonyl (C=O) groups excluding carboxylic acids is 1. The summed E-state index contributed by atoms with van der Waals surface area (Å²) in [6.45, 7) is 6.36. The summed E-state index contributed by atoms with van der Waals surface area (Å²) in [4.78, 5) is 14.4. The first kappa shape index (κ1) is 19.4. The molecule has 1 saturated heterocycles. The molecule has 1 amide bonds. The second-order valence-electron chi connectivity index (χ2n) is 6.65. The molecule has 9 heteroatoms. The van der Waals surface area contributed by atoms with Crippen LogP contribution >= 0.6 is 0 Å². The zero-order chi connectivity index (χ0) is 19.1. The number of benzene rings is 1. The molecule has 0 radical (unpaired) electrons. The van der Waals surface area contributed by atoms with E-state index < -0.39 is 0 Å². The summed E-state index contributed by atoms with van der Waals surface area (Å²) in [6.07, 6.45) is 1.02. The monoisotopic (exact) mass is 376 g/mol. The third kappa shape index (κ3) is 5.80. The van der Waals surface area contributed by atoms with Crippen molar-refractivity contribution < 1.29 is 13.9 Å². The van der Waals surface area contributed by atoms with Crippen molar-refractivity contribution in [3.63, 3.8) is 0 Å². The van der Waals surface area contributed by atoms with E-state index in [1.54, 1.807) is 16.8 Å². The number of rotatable bonds is 8. The molecule has 0 spiro atoms. The molecule has 0 saturated carbocycles. The third-order valence-corrected chi connectivity index (χ3v) is 4.60. The van der Waals surface area contributed by atoms with Crippen molar-refractivity contribution in [2.24, 2.45) is 0 Å². The number of hydrogen-bond donors (Lipinski definition) is 1. The Bertz CT molecular complexity index is 730. The number of ether oxygens (including phenoxy) is 1. The van der Waals surface area contributed by atoms with Gasteiger partial charge in [-0.2, -0.15) is 0 Å². The van der Waals surface area contributed by atoms with Gasteiger partial charge in [-0.15, -0.1) is 5.10 Å². The fourth-order valence-electron chi connectivity index (χ4n) is 3.01. The fourth-order valence-corrected chi connectivity index (χ4v) is 3.01. The van der Waals surface area contributed by atoms with E-state index in [4.69, 9.17) is 4.74 Å². The minimum absolute atomic E-state index is 0.0466. The molecule has 1 aliphatic rings. The van der Waals surface area contributed by atoms with Gasteiger partial charge in [0.2, 0.25) is 5.91 Å². The molecule has 2 heterocycles. The number of halogens is 1. The minimum Gasteiger partial charge on any atom is -0.379 e. The Morgan fingerprint density at radius 3 is 2.78 bits per heavy atom. The molecule has 0 bridgehead atoms. The SMILES string of the molecule is C[C@H](NC(=O)CCCn1nnnc1CN1CCOCC1)c1ccc(F)cc1. The predicted octanol–water partition coefficient (Wildman–Crippen LogP) is 1.30. The zero-order valence-corrected chi connectivity index (χ0v) is 15.5. The molecule has 1 N–H and O–H groups in total. The van der Waals surface area contributed by atoms with Crippen LogP contribution in [0, 0.1) is 5.82 Å². The lowest BCUT2D eigenvalue weighted by atomic mass is 10.1. The predicted molar refractivity (Wildman–Crippen MR) is 96.1 cm³/mol. The second kappa shape index (κ2) is 9.52. The molecule has 146 valence electrons. The van der Waals surface area contributed by atoms with Gasteiger partial charge in [-0.25, -0.2) is 9.07 Å². The highest BCUT2D eigenvalue weighted by Gasteiger charge is 2.15. The first-order valence-corrected chi connectivity index (χ1v) is 9.22. The number of aromatic nitrogens is 4. The topological polar surface area (TPSA) is 85.2 Å². The van der Waals surface area contributed by atoms with Gasteiger partial charge in [-0.05, 0) is 41.5 Å². The largest absolute Gasteiger partial charge is 0.379 e. The van der Waals surface area contributed by atoms with Gasteiger partial charge in [0.15, 0.2) is 5.82 Å². The van der Waals surface area contributed by atoms with Crippen LogP contribution in [0.3, 0.4) is 0 Å². The van der Waals surface area contributed by atoms with Crippen molar-refractivity contribution in [1.82, 2.24) is 30.4 Å². The number of nitrogens with zero attached hydrogens (tertiary/aromatic N) is 5. The number of tetrazole rings is 1. The lowest BCUT2D eigenvalue weighted by Gasteiger charge is -2.25. The summed E-state index contributed by atoms with van der Waals surface area (Å²) in [5.41, 5.74) is 0.873. The van der Waals surface area contributed by atoms with E-state index in [9.17, 15) is 9.18 Å². The van der Waals surface area contributed by atoms with Crippen molar-refractivity contribution in [3.05, 3.63) is 41.5 Å².